The number of sulfone groups is 1. The summed E-state index contributed by atoms with van der Waals surface area (Å²) in [4.78, 5) is 12.5. The van der Waals surface area contributed by atoms with Gasteiger partial charge >= 0.3 is 0 Å². The molecular formula is C16H19N3O4S. The molecule has 3 rings (SSSR count). The van der Waals surface area contributed by atoms with Crippen LogP contribution in [-0.4, -0.2) is 55.3 Å². The third kappa shape index (κ3) is 3.20. The molecule has 0 unspecified atom stereocenters. The minimum atomic E-state index is -3.20. The molecular weight excluding hydrogens is 330 g/mol. The number of ether oxygens (including phenoxy) is 1. The summed E-state index contributed by atoms with van der Waals surface area (Å²) in [5, 5.41) is 9.70. The number of amides is 1. The molecule has 0 spiro atoms. The standard InChI is InChI=1S/C16H19N3O4S/c1-10-14(11-6-4-3-5-7-11)18-19-15(10)16(20)17-12-8-24(21,22)9-13(12)23-2/h3-7,12-13H,8-9H2,1-2H3,(H,17,20)(H,18,19)/t12-,13-/m1/s1. The minimum Gasteiger partial charge on any atom is -0.378 e. The summed E-state index contributed by atoms with van der Waals surface area (Å²) in [5.41, 5.74) is 2.65. The van der Waals surface area contributed by atoms with Gasteiger partial charge in [0.1, 0.15) is 5.69 Å². The molecule has 128 valence electrons. The van der Waals surface area contributed by atoms with Crippen molar-refractivity contribution in [2.24, 2.45) is 0 Å². The fourth-order valence-electron chi connectivity index (χ4n) is 2.92. The van der Waals surface area contributed by atoms with Crippen molar-refractivity contribution in [2.45, 2.75) is 19.1 Å². The summed E-state index contributed by atoms with van der Waals surface area (Å²) in [5.74, 6) is -0.576. The fourth-order valence-corrected chi connectivity index (χ4v) is 4.77. The van der Waals surface area contributed by atoms with Crippen LogP contribution in [-0.2, 0) is 14.6 Å². The number of nitrogens with zero attached hydrogens (tertiary/aromatic N) is 1. The lowest BCUT2D eigenvalue weighted by Crippen LogP contribution is -2.43. The Morgan fingerprint density at radius 3 is 2.67 bits per heavy atom. The molecule has 0 saturated carbocycles. The average Bonchev–Trinajstić information content (AvgIpc) is 3.07. The number of carbonyl (C=O) groups excluding carboxylic acids is 1. The van der Waals surface area contributed by atoms with Gasteiger partial charge in [-0.2, -0.15) is 5.10 Å². The number of hydrogen-bond acceptors (Lipinski definition) is 5. The van der Waals surface area contributed by atoms with E-state index >= 15 is 0 Å². The zero-order chi connectivity index (χ0) is 17.3. The molecule has 1 aliphatic heterocycles. The number of H-pyrrole nitrogens is 1. The summed E-state index contributed by atoms with van der Waals surface area (Å²) in [6, 6.07) is 8.97. The Hall–Kier alpha value is -2.19. The summed E-state index contributed by atoms with van der Waals surface area (Å²) in [7, 11) is -1.75. The molecule has 1 fully saturated rings. The summed E-state index contributed by atoms with van der Waals surface area (Å²) >= 11 is 0. The Labute approximate surface area is 140 Å². The van der Waals surface area contributed by atoms with Gasteiger partial charge in [0.25, 0.3) is 5.91 Å². The molecule has 1 aliphatic rings. The quantitative estimate of drug-likeness (QED) is 0.855. The second kappa shape index (κ2) is 6.37. The molecule has 0 bridgehead atoms. The Morgan fingerprint density at radius 2 is 2.00 bits per heavy atom. The maximum Gasteiger partial charge on any atom is 0.269 e. The van der Waals surface area contributed by atoms with E-state index in [-0.39, 0.29) is 17.4 Å². The number of carbonyl (C=O) groups is 1. The van der Waals surface area contributed by atoms with Gasteiger partial charge in [-0.05, 0) is 6.92 Å². The maximum atomic E-state index is 12.5. The van der Waals surface area contributed by atoms with Crippen molar-refractivity contribution in [2.75, 3.05) is 18.6 Å². The number of benzene rings is 1. The Bertz CT molecular complexity index is 845. The van der Waals surface area contributed by atoms with E-state index < -0.39 is 22.0 Å². The summed E-state index contributed by atoms with van der Waals surface area (Å²) in [6.45, 7) is 1.81. The molecule has 2 atom stereocenters. The Kier molecular flexibility index (Phi) is 4.42. The predicted octanol–water partition coefficient (Wildman–Crippen LogP) is 0.927. The highest BCUT2D eigenvalue weighted by Gasteiger charge is 2.39. The third-order valence-corrected chi connectivity index (χ3v) is 5.91. The number of nitrogens with one attached hydrogen (secondary N) is 2. The van der Waals surface area contributed by atoms with Crippen LogP contribution in [0.2, 0.25) is 0 Å². The Balaban J connectivity index is 1.80. The molecule has 2 N–H and O–H groups in total. The van der Waals surface area contributed by atoms with Crippen molar-refractivity contribution in [3.8, 4) is 11.3 Å². The highest BCUT2D eigenvalue weighted by molar-refractivity contribution is 7.91. The molecule has 2 aromatic rings. The average molecular weight is 349 g/mol. The van der Waals surface area contributed by atoms with E-state index in [0.29, 0.717) is 17.0 Å². The van der Waals surface area contributed by atoms with Gasteiger partial charge in [-0.3, -0.25) is 9.89 Å². The molecule has 8 heteroatoms. The molecule has 0 aliphatic carbocycles. The largest absolute Gasteiger partial charge is 0.378 e. The minimum absolute atomic E-state index is 0.0777. The predicted molar refractivity (Wildman–Crippen MR) is 89.5 cm³/mol. The zero-order valence-corrected chi connectivity index (χ0v) is 14.3. The van der Waals surface area contributed by atoms with E-state index in [1.165, 1.54) is 7.11 Å². The molecule has 1 aromatic heterocycles. The van der Waals surface area contributed by atoms with E-state index in [2.05, 4.69) is 15.5 Å². The normalized spacial score (nSPS) is 22.4. The van der Waals surface area contributed by atoms with Gasteiger partial charge in [0.2, 0.25) is 0 Å². The highest BCUT2D eigenvalue weighted by atomic mass is 32.2. The lowest BCUT2D eigenvalue weighted by atomic mass is 10.1. The monoisotopic (exact) mass is 349 g/mol. The van der Waals surface area contributed by atoms with Crippen LogP contribution in [0.3, 0.4) is 0 Å². The highest BCUT2D eigenvalue weighted by Crippen LogP contribution is 2.23. The molecule has 7 nitrogen and oxygen atoms in total. The number of aromatic amines is 1. The number of rotatable bonds is 4. The van der Waals surface area contributed by atoms with Gasteiger partial charge in [0.05, 0.1) is 29.3 Å². The fraction of sp³-hybridized carbons (Fsp3) is 0.375. The molecule has 2 heterocycles. The Morgan fingerprint density at radius 1 is 1.29 bits per heavy atom. The zero-order valence-electron chi connectivity index (χ0n) is 13.4. The van der Waals surface area contributed by atoms with Crippen LogP contribution in [0.4, 0.5) is 0 Å². The van der Waals surface area contributed by atoms with Gasteiger partial charge < -0.3 is 10.1 Å². The van der Waals surface area contributed by atoms with E-state index in [4.69, 9.17) is 4.74 Å². The van der Waals surface area contributed by atoms with Crippen molar-refractivity contribution in [1.82, 2.24) is 15.5 Å². The first kappa shape index (κ1) is 16.7. The summed E-state index contributed by atoms with van der Waals surface area (Å²) < 4.78 is 28.6. The first-order valence-corrected chi connectivity index (χ1v) is 9.38. The van der Waals surface area contributed by atoms with Crippen LogP contribution in [0.15, 0.2) is 30.3 Å². The van der Waals surface area contributed by atoms with E-state index in [0.717, 1.165) is 5.56 Å². The molecule has 1 aromatic carbocycles. The second-order valence-corrected chi connectivity index (χ2v) is 8.02. The first-order valence-electron chi connectivity index (χ1n) is 7.56. The third-order valence-electron chi connectivity index (χ3n) is 4.20. The maximum absolute atomic E-state index is 12.5. The van der Waals surface area contributed by atoms with Gasteiger partial charge in [0.15, 0.2) is 9.84 Å². The lowest BCUT2D eigenvalue weighted by Gasteiger charge is -2.17. The lowest BCUT2D eigenvalue weighted by molar-refractivity contribution is 0.0782. The molecule has 1 saturated heterocycles. The number of methoxy groups -OCH3 is 1. The molecule has 0 radical (unpaired) electrons. The van der Waals surface area contributed by atoms with Crippen LogP contribution in [0.1, 0.15) is 16.1 Å². The topological polar surface area (TPSA) is 101 Å². The first-order chi connectivity index (χ1) is 11.4. The van der Waals surface area contributed by atoms with Crippen LogP contribution < -0.4 is 5.32 Å². The number of hydrogen-bond donors (Lipinski definition) is 2. The van der Waals surface area contributed by atoms with Crippen molar-refractivity contribution < 1.29 is 17.9 Å². The van der Waals surface area contributed by atoms with E-state index in [9.17, 15) is 13.2 Å². The van der Waals surface area contributed by atoms with E-state index in [1.807, 2.05) is 30.3 Å². The SMILES string of the molecule is CO[C@@H]1CS(=O)(=O)C[C@H]1NC(=O)c1[nH]nc(-c2ccccc2)c1C. The molecule has 1 amide bonds. The van der Waals surface area contributed by atoms with Crippen molar-refractivity contribution in [3.05, 3.63) is 41.6 Å². The van der Waals surface area contributed by atoms with Crippen molar-refractivity contribution in [3.63, 3.8) is 0 Å². The van der Waals surface area contributed by atoms with Crippen LogP contribution in [0.25, 0.3) is 11.3 Å². The van der Waals surface area contributed by atoms with Gasteiger partial charge in [-0.25, -0.2) is 8.42 Å². The van der Waals surface area contributed by atoms with Crippen LogP contribution >= 0.6 is 0 Å². The number of aromatic nitrogens is 2. The smallest absolute Gasteiger partial charge is 0.269 e. The van der Waals surface area contributed by atoms with Gasteiger partial charge in [-0.1, -0.05) is 30.3 Å². The van der Waals surface area contributed by atoms with Crippen molar-refractivity contribution in [1.29, 1.82) is 0 Å². The summed E-state index contributed by atoms with van der Waals surface area (Å²) in [6.07, 6.45) is -0.532. The van der Waals surface area contributed by atoms with Crippen LogP contribution in [0, 0.1) is 6.92 Å². The van der Waals surface area contributed by atoms with Crippen LogP contribution in [0.5, 0.6) is 0 Å². The van der Waals surface area contributed by atoms with Gasteiger partial charge in [-0.15, -0.1) is 0 Å². The van der Waals surface area contributed by atoms with Gasteiger partial charge in [0, 0.05) is 18.2 Å². The van der Waals surface area contributed by atoms with Crippen molar-refractivity contribution >= 4 is 15.7 Å². The molecule has 24 heavy (non-hydrogen) atoms. The van der Waals surface area contributed by atoms with E-state index in [1.54, 1.807) is 6.92 Å². The second-order valence-electron chi connectivity index (χ2n) is 5.87.